The molecule has 0 bridgehead atoms. The molecule has 0 atom stereocenters. The number of benzene rings is 1. The summed E-state index contributed by atoms with van der Waals surface area (Å²) in [6.45, 7) is 4.99. The van der Waals surface area contributed by atoms with Crippen molar-refractivity contribution in [1.82, 2.24) is 4.90 Å². The van der Waals surface area contributed by atoms with E-state index in [0.29, 0.717) is 18.7 Å². The van der Waals surface area contributed by atoms with Crippen LogP contribution < -0.4 is 14.5 Å². The Morgan fingerprint density at radius 2 is 2.00 bits per heavy atom. The normalized spacial score (nSPS) is 17.6. The number of amides is 2. The van der Waals surface area contributed by atoms with E-state index in [1.165, 1.54) is 10.5 Å². The molecular weight excluding hydrogens is 362 g/mol. The van der Waals surface area contributed by atoms with Gasteiger partial charge in [-0.25, -0.2) is 0 Å². The van der Waals surface area contributed by atoms with E-state index in [1.807, 2.05) is 29.2 Å². The molecule has 1 N–H and O–H groups in total. The summed E-state index contributed by atoms with van der Waals surface area (Å²) >= 11 is 1.73. The minimum atomic E-state index is -0.0912. The predicted molar refractivity (Wildman–Crippen MR) is 104 cm³/mol. The zero-order valence-electron chi connectivity index (χ0n) is 15.2. The van der Waals surface area contributed by atoms with Crippen molar-refractivity contribution < 1.29 is 19.2 Å². The van der Waals surface area contributed by atoms with Crippen LogP contribution in [-0.2, 0) is 16.1 Å². The van der Waals surface area contributed by atoms with E-state index in [9.17, 15) is 9.59 Å². The first-order valence-electron chi connectivity index (χ1n) is 9.35. The topological polar surface area (TPSA) is 54.3 Å². The van der Waals surface area contributed by atoms with Crippen LogP contribution in [0.15, 0.2) is 41.1 Å². The first-order valence-corrected chi connectivity index (χ1v) is 10.3. The van der Waals surface area contributed by atoms with Crippen molar-refractivity contribution in [1.29, 1.82) is 0 Å². The monoisotopic (exact) mass is 386 g/mol. The van der Waals surface area contributed by atoms with Crippen LogP contribution in [0, 0.1) is 0 Å². The van der Waals surface area contributed by atoms with Crippen molar-refractivity contribution in [2.24, 2.45) is 0 Å². The number of nitrogens with zero attached hydrogens (tertiary/aromatic N) is 2. The van der Waals surface area contributed by atoms with Gasteiger partial charge in [0.05, 0.1) is 31.9 Å². The van der Waals surface area contributed by atoms with E-state index in [-0.39, 0.29) is 18.4 Å². The van der Waals surface area contributed by atoms with Crippen molar-refractivity contribution in [3.05, 3.63) is 46.7 Å². The molecule has 27 heavy (non-hydrogen) atoms. The highest BCUT2D eigenvalue weighted by Gasteiger charge is 2.28. The number of hydrogen-bond acceptors (Lipinski definition) is 4. The number of ether oxygens (including phenoxy) is 1. The molecule has 2 amide bonds. The quantitative estimate of drug-likeness (QED) is 0.827. The van der Waals surface area contributed by atoms with Gasteiger partial charge < -0.3 is 19.4 Å². The minimum Gasteiger partial charge on any atom is -0.482 e. The summed E-state index contributed by atoms with van der Waals surface area (Å²) in [5.74, 6) is 0.739. The molecule has 0 radical (unpaired) electrons. The lowest BCUT2D eigenvalue weighted by Crippen LogP contribution is -3.13. The smallest absolute Gasteiger partial charge is 0.265 e. The van der Waals surface area contributed by atoms with E-state index in [2.05, 4.69) is 16.8 Å². The zero-order valence-corrected chi connectivity index (χ0v) is 16.0. The molecule has 3 heterocycles. The van der Waals surface area contributed by atoms with Crippen LogP contribution in [-0.4, -0.2) is 56.0 Å². The average molecular weight is 386 g/mol. The van der Waals surface area contributed by atoms with Gasteiger partial charge in [0.25, 0.3) is 5.91 Å². The second kappa shape index (κ2) is 8.10. The SMILES string of the molecule is O=C(CCN1C(=O)COc2ccccc21)N1CC[NH+](Cc2ccsc2)CC1. The first kappa shape index (κ1) is 18.0. The minimum absolute atomic E-state index is 0.0375. The molecule has 0 saturated carbocycles. The predicted octanol–water partition coefficient (Wildman–Crippen LogP) is 0.791. The fourth-order valence-electron chi connectivity index (χ4n) is 3.70. The van der Waals surface area contributed by atoms with Gasteiger partial charge in [-0.2, -0.15) is 11.3 Å². The van der Waals surface area contributed by atoms with Crippen molar-refractivity contribution >= 4 is 28.8 Å². The summed E-state index contributed by atoms with van der Waals surface area (Å²) in [6, 6.07) is 9.66. The third-order valence-corrected chi connectivity index (χ3v) is 5.95. The number of thiophene rings is 1. The van der Waals surface area contributed by atoms with Crippen LogP contribution >= 0.6 is 11.3 Å². The van der Waals surface area contributed by atoms with Crippen LogP contribution in [0.25, 0.3) is 0 Å². The Morgan fingerprint density at radius 3 is 2.78 bits per heavy atom. The van der Waals surface area contributed by atoms with E-state index < -0.39 is 0 Å². The number of anilines is 1. The van der Waals surface area contributed by atoms with Crippen molar-refractivity contribution in [3.63, 3.8) is 0 Å². The van der Waals surface area contributed by atoms with Gasteiger partial charge >= 0.3 is 0 Å². The fourth-order valence-corrected chi connectivity index (χ4v) is 4.36. The lowest BCUT2D eigenvalue weighted by atomic mass is 10.2. The number of piperazine rings is 1. The highest BCUT2D eigenvalue weighted by molar-refractivity contribution is 7.07. The number of para-hydroxylation sites is 2. The Labute approximate surface area is 162 Å². The molecule has 0 unspecified atom stereocenters. The number of hydrogen-bond donors (Lipinski definition) is 1. The Balaban J connectivity index is 1.28. The van der Waals surface area contributed by atoms with Gasteiger partial charge in [0, 0.05) is 18.5 Å². The van der Waals surface area contributed by atoms with E-state index in [0.717, 1.165) is 38.4 Å². The molecular formula is C20H24N3O3S+. The standard InChI is InChI=1S/C20H23N3O3S/c24-19(22-10-8-21(9-11-22)13-16-6-12-27-15-16)5-7-23-17-3-1-2-4-18(17)26-14-20(23)25/h1-4,6,12,15H,5,7-11,13-14H2/p+1. The van der Waals surface area contributed by atoms with Crippen LogP contribution in [0.3, 0.4) is 0 Å². The van der Waals surface area contributed by atoms with Crippen LogP contribution in [0.4, 0.5) is 5.69 Å². The number of carbonyl (C=O) groups is 2. The zero-order chi connectivity index (χ0) is 18.6. The third-order valence-electron chi connectivity index (χ3n) is 5.22. The van der Waals surface area contributed by atoms with E-state index in [4.69, 9.17) is 4.74 Å². The van der Waals surface area contributed by atoms with Gasteiger partial charge in [0.1, 0.15) is 12.3 Å². The molecule has 0 aliphatic carbocycles. The molecule has 6 nitrogen and oxygen atoms in total. The Kier molecular flexibility index (Phi) is 5.40. The second-order valence-electron chi connectivity index (χ2n) is 6.99. The van der Waals surface area contributed by atoms with Crippen LogP contribution in [0.5, 0.6) is 5.75 Å². The summed E-state index contributed by atoms with van der Waals surface area (Å²) in [4.78, 5) is 30.0. The molecule has 142 valence electrons. The summed E-state index contributed by atoms with van der Waals surface area (Å²) in [7, 11) is 0. The summed E-state index contributed by atoms with van der Waals surface area (Å²) in [5, 5.41) is 4.31. The van der Waals surface area contributed by atoms with Gasteiger partial charge in [-0.3, -0.25) is 9.59 Å². The molecule has 4 rings (SSSR count). The summed E-state index contributed by atoms with van der Waals surface area (Å²) < 4.78 is 5.46. The van der Waals surface area contributed by atoms with Gasteiger partial charge in [0.2, 0.25) is 5.91 Å². The highest BCUT2D eigenvalue weighted by Crippen LogP contribution is 2.31. The Bertz CT molecular complexity index is 801. The lowest BCUT2D eigenvalue weighted by Gasteiger charge is -2.33. The largest absolute Gasteiger partial charge is 0.482 e. The van der Waals surface area contributed by atoms with Crippen molar-refractivity contribution in [2.75, 3.05) is 44.2 Å². The van der Waals surface area contributed by atoms with Crippen LogP contribution in [0.2, 0.25) is 0 Å². The number of rotatable bonds is 5. The van der Waals surface area contributed by atoms with E-state index >= 15 is 0 Å². The molecule has 1 aromatic carbocycles. The van der Waals surface area contributed by atoms with Gasteiger partial charge in [-0.15, -0.1) is 0 Å². The van der Waals surface area contributed by atoms with Gasteiger partial charge in [-0.05, 0) is 29.0 Å². The lowest BCUT2D eigenvalue weighted by molar-refractivity contribution is -0.917. The fraction of sp³-hybridized carbons (Fsp3) is 0.400. The third kappa shape index (κ3) is 4.14. The molecule has 2 aromatic rings. The number of nitrogens with one attached hydrogen (secondary N) is 1. The maximum atomic E-state index is 12.6. The molecule has 2 aliphatic heterocycles. The highest BCUT2D eigenvalue weighted by atomic mass is 32.1. The summed E-state index contributed by atoms with van der Waals surface area (Å²) in [6.07, 6.45) is 0.347. The number of quaternary nitrogens is 1. The van der Waals surface area contributed by atoms with Crippen molar-refractivity contribution in [2.45, 2.75) is 13.0 Å². The molecule has 1 aromatic heterocycles. The van der Waals surface area contributed by atoms with Crippen LogP contribution in [0.1, 0.15) is 12.0 Å². The molecule has 2 aliphatic rings. The van der Waals surface area contributed by atoms with Gasteiger partial charge in [-0.1, -0.05) is 12.1 Å². The second-order valence-corrected chi connectivity index (χ2v) is 7.77. The molecule has 1 fully saturated rings. The molecule has 0 spiro atoms. The number of fused-ring (bicyclic) bond motifs is 1. The summed E-state index contributed by atoms with van der Waals surface area (Å²) in [5.41, 5.74) is 2.13. The first-order chi connectivity index (χ1) is 13.2. The molecule has 7 heteroatoms. The maximum Gasteiger partial charge on any atom is 0.265 e. The Morgan fingerprint density at radius 1 is 1.19 bits per heavy atom. The average Bonchev–Trinajstić information content (AvgIpc) is 3.20. The van der Waals surface area contributed by atoms with Crippen molar-refractivity contribution in [3.8, 4) is 5.75 Å². The Hall–Kier alpha value is -2.38. The maximum absolute atomic E-state index is 12.6. The number of carbonyl (C=O) groups excluding carboxylic acids is 2. The van der Waals surface area contributed by atoms with Gasteiger partial charge in [0.15, 0.2) is 6.61 Å². The van der Waals surface area contributed by atoms with E-state index in [1.54, 1.807) is 16.2 Å². The molecule has 1 saturated heterocycles.